The highest BCUT2D eigenvalue weighted by Crippen LogP contribution is 2.41. The van der Waals surface area contributed by atoms with E-state index in [1.807, 2.05) is 0 Å². The number of aliphatic hydroxyl groups is 2. The number of hydrogen-bond acceptors (Lipinski definition) is 8. The molecule has 0 spiro atoms. The number of aliphatic hydroxyl groups excluding tert-OH is 2. The summed E-state index contributed by atoms with van der Waals surface area (Å²) in [6.07, 6.45) is 18.9. The van der Waals surface area contributed by atoms with Crippen molar-refractivity contribution in [2.75, 3.05) is 6.61 Å². The fraction of sp³-hybridized carbons (Fsp3) is 0.941. The van der Waals surface area contributed by atoms with Crippen LogP contribution in [0.15, 0.2) is 0 Å². The predicted octanol–water partition coefficient (Wildman–Crippen LogP) is 6.97. The van der Waals surface area contributed by atoms with E-state index in [-0.39, 0.29) is 12.8 Å². The van der Waals surface area contributed by atoms with Crippen LogP contribution in [-0.2, 0) is 28.2 Å². The number of unbranched alkanes of at least 4 members (excludes halogenated alkanes) is 20. The maximum atomic E-state index is 12.9. The second kappa shape index (κ2) is 26.8. The van der Waals surface area contributed by atoms with E-state index < -0.39 is 56.9 Å². The van der Waals surface area contributed by atoms with Crippen LogP contribution in [0.4, 0.5) is 0 Å². The predicted molar refractivity (Wildman–Crippen MR) is 179 cm³/mol. The number of ether oxygens (including phenoxy) is 2. The SMILES string of the molecule is CCCCCCCCCCCCCC(=O)N[C@H]1[C@@H](OP(=O)(O)O)O[C@H](CO)[C@@H](O)[C@@H]1OC(=O)CCCCCCCCCCCCC. The van der Waals surface area contributed by atoms with Crippen LogP contribution in [0.2, 0.25) is 0 Å². The van der Waals surface area contributed by atoms with E-state index in [1.54, 1.807) is 0 Å². The highest BCUT2D eigenvalue weighted by atomic mass is 31.2. The first kappa shape index (κ1) is 43.0. The molecule has 0 unspecified atom stereocenters. The average Bonchev–Trinajstić information content (AvgIpc) is 3.01. The van der Waals surface area contributed by atoms with Crippen molar-refractivity contribution < 1.29 is 48.2 Å². The molecule has 12 heteroatoms. The zero-order valence-corrected chi connectivity index (χ0v) is 29.6. The van der Waals surface area contributed by atoms with Crippen LogP contribution in [0.25, 0.3) is 0 Å². The zero-order valence-electron chi connectivity index (χ0n) is 28.7. The topological polar surface area (TPSA) is 172 Å². The van der Waals surface area contributed by atoms with E-state index in [0.29, 0.717) is 12.8 Å². The Balaban J connectivity index is 2.56. The Morgan fingerprint density at radius 1 is 0.696 bits per heavy atom. The molecule has 46 heavy (non-hydrogen) atoms. The first-order valence-corrected chi connectivity index (χ1v) is 19.8. The zero-order chi connectivity index (χ0) is 34.0. The van der Waals surface area contributed by atoms with Gasteiger partial charge in [-0.15, -0.1) is 0 Å². The van der Waals surface area contributed by atoms with Crippen molar-refractivity contribution in [2.45, 2.75) is 199 Å². The van der Waals surface area contributed by atoms with Gasteiger partial charge in [0.1, 0.15) is 18.2 Å². The van der Waals surface area contributed by atoms with Crippen molar-refractivity contribution in [1.82, 2.24) is 5.32 Å². The molecule has 1 rings (SSSR count). The third-order valence-corrected chi connectivity index (χ3v) is 9.16. The molecule has 5 atom stereocenters. The average molecular weight is 680 g/mol. The van der Waals surface area contributed by atoms with Gasteiger partial charge in [-0.2, -0.15) is 0 Å². The third kappa shape index (κ3) is 21.0. The van der Waals surface area contributed by atoms with Gasteiger partial charge in [-0.05, 0) is 12.8 Å². The van der Waals surface area contributed by atoms with Gasteiger partial charge in [-0.25, -0.2) is 4.57 Å². The molecule has 0 bridgehead atoms. The summed E-state index contributed by atoms with van der Waals surface area (Å²) in [5, 5.41) is 23.2. The Morgan fingerprint density at radius 3 is 1.52 bits per heavy atom. The second-order valence-electron chi connectivity index (χ2n) is 12.9. The van der Waals surface area contributed by atoms with Crippen LogP contribution in [0, 0.1) is 0 Å². The largest absolute Gasteiger partial charge is 0.472 e. The Labute approximate surface area is 278 Å². The molecule has 0 aliphatic carbocycles. The van der Waals surface area contributed by atoms with Gasteiger partial charge in [0.05, 0.1) is 6.61 Å². The molecule has 1 aliphatic heterocycles. The molecule has 1 fully saturated rings. The van der Waals surface area contributed by atoms with Crippen LogP contribution >= 0.6 is 7.82 Å². The van der Waals surface area contributed by atoms with Crippen molar-refractivity contribution in [3.63, 3.8) is 0 Å². The highest BCUT2D eigenvalue weighted by molar-refractivity contribution is 7.46. The Hall–Kier alpha value is -1.07. The van der Waals surface area contributed by atoms with Crippen molar-refractivity contribution in [3.05, 3.63) is 0 Å². The summed E-state index contributed by atoms with van der Waals surface area (Å²) in [6, 6.07) is -1.38. The lowest BCUT2D eigenvalue weighted by molar-refractivity contribution is -0.253. The number of phosphoric ester groups is 1. The smallest absolute Gasteiger partial charge is 0.457 e. The summed E-state index contributed by atoms with van der Waals surface area (Å²) in [6.45, 7) is 3.71. The fourth-order valence-electron chi connectivity index (χ4n) is 5.94. The van der Waals surface area contributed by atoms with Crippen LogP contribution in [0.5, 0.6) is 0 Å². The van der Waals surface area contributed by atoms with Crippen LogP contribution in [0.1, 0.15) is 168 Å². The number of rotatable bonds is 29. The summed E-state index contributed by atoms with van der Waals surface area (Å²) in [5.74, 6) is -1.05. The summed E-state index contributed by atoms with van der Waals surface area (Å²) in [7, 11) is -5.10. The lowest BCUT2D eigenvalue weighted by Gasteiger charge is -2.43. The van der Waals surface area contributed by atoms with Gasteiger partial charge in [0.25, 0.3) is 0 Å². The number of hydrogen-bond donors (Lipinski definition) is 5. The van der Waals surface area contributed by atoms with Crippen molar-refractivity contribution in [3.8, 4) is 0 Å². The third-order valence-electron chi connectivity index (χ3n) is 8.68. The van der Waals surface area contributed by atoms with Crippen LogP contribution in [0.3, 0.4) is 0 Å². The molecular weight excluding hydrogens is 613 g/mol. The van der Waals surface area contributed by atoms with Gasteiger partial charge in [0.15, 0.2) is 12.4 Å². The first-order valence-electron chi connectivity index (χ1n) is 18.3. The molecule has 0 aromatic heterocycles. The molecule has 0 aromatic carbocycles. The standard InChI is InChI=1S/C34H66NO10P/c1-3-5-7-9-11-13-15-17-19-21-23-25-29(37)35-31-33(32(39)28(27-36)43-34(31)45-46(40,41)42)44-30(38)26-24-22-20-18-16-14-12-10-8-6-4-2/h28,31-34,36,39H,3-27H2,1-2H3,(H,35,37)(H2,40,41,42)/t28-,31-,32-,33-,34-/m1/s1. The maximum absolute atomic E-state index is 12.9. The fourth-order valence-corrected chi connectivity index (χ4v) is 6.39. The van der Waals surface area contributed by atoms with Gasteiger partial charge in [-0.1, -0.05) is 142 Å². The van der Waals surface area contributed by atoms with Gasteiger partial charge in [0, 0.05) is 12.8 Å². The summed E-state index contributed by atoms with van der Waals surface area (Å²) in [4.78, 5) is 44.6. The van der Waals surface area contributed by atoms with E-state index in [4.69, 9.17) is 14.0 Å². The van der Waals surface area contributed by atoms with Crippen molar-refractivity contribution >= 4 is 19.7 Å². The number of esters is 1. The summed E-state index contributed by atoms with van der Waals surface area (Å²) < 4.78 is 27.5. The minimum absolute atomic E-state index is 0.0916. The molecule has 1 amide bonds. The second-order valence-corrected chi connectivity index (χ2v) is 14.1. The Kier molecular flexibility index (Phi) is 25.1. The summed E-state index contributed by atoms with van der Waals surface area (Å²) >= 11 is 0. The van der Waals surface area contributed by atoms with Crippen LogP contribution < -0.4 is 5.32 Å². The van der Waals surface area contributed by atoms with E-state index in [0.717, 1.165) is 38.5 Å². The van der Waals surface area contributed by atoms with E-state index in [9.17, 15) is 34.2 Å². The highest BCUT2D eigenvalue weighted by Gasteiger charge is 2.50. The lowest BCUT2D eigenvalue weighted by atomic mass is 9.96. The van der Waals surface area contributed by atoms with Gasteiger partial charge < -0.3 is 34.8 Å². The number of phosphoric acid groups is 1. The monoisotopic (exact) mass is 679 g/mol. The quantitative estimate of drug-likeness (QED) is 0.0316. The lowest BCUT2D eigenvalue weighted by Crippen LogP contribution is -2.65. The van der Waals surface area contributed by atoms with Crippen LogP contribution in [-0.4, -0.2) is 69.1 Å². The number of amides is 1. The minimum Gasteiger partial charge on any atom is -0.457 e. The summed E-state index contributed by atoms with van der Waals surface area (Å²) in [5.41, 5.74) is 0. The molecule has 0 radical (unpaired) electrons. The molecule has 1 aliphatic rings. The Bertz CT molecular complexity index is 826. The normalized spacial score (nSPS) is 21.7. The van der Waals surface area contributed by atoms with Crippen molar-refractivity contribution in [1.29, 1.82) is 0 Å². The van der Waals surface area contributed by atoms with Gasteiger partial charge >= 0.3 is 13.8 Å². The van der Waals surface area contributed by atoms with E-state index >= 15 is 0 Å². The Morgan fingerprint density at radius 2 is 1.11 bits per heavy atom. The molecule has 1 saturated heterocycles. The van der Waals surface area contributed by atoms with Gasteiger partial charge in [0.2, 0.25) is 5.91 Å². The molecule has 0 saturated carbocycles. The molecule has 1 heterocycles. The minimum atomic E-state index is -5.10. The maximum Gasteiger partial charge on any atom is 0.472 e. The van der Waals surface area contributed by atoms with E-state index in [2.05, 4.69) is 19.2 Å². The number of carbonyl (C=O) groups excluding carboxylic acids is 2. The first-order chi connectivity index (χ1) is 22.1. The number of nitrogens with one attached hydrogen (secondary N) is 1. The molecule has 0 aromatic rings. The molecule has 272 valence electrons. The van der Waals surface area contributed by atoms with Crippen molar-refractivity contribution in [2.24, 2.45) is 0 Å². The van der Waals surface area contributed by atoms with E-state index in [1.165, 1.54) is 89.9 Å². The number of carbonyl (C=O) groups is 2. The van der Waals surface area contributed by atoms with Gasteiger partial charge in [-0.3, -0.25) is 14.1 Å². The molecule has 5 N–H and O–H groups in total. The molecule has 11 nitrogen and oxygen atoms in total. The molecular formula is C34H66NO10P.